The molecule has 0 spiro atoms. The fourth-order valence-electron chi connectivity index (χ4n) is 2.79. The molecule has 1 aromatic carbocycles. The number of nitrogens with zero attached hydrogens (tertiary/aromatic N) is 1. The zero-order valence-corrected chi connectivity index (χ0v) is 13.1. The molecule has 1 aliphatic rings. The zero-order chi connectivity index (χ0) is 16.3. The predicted octanol–water partition coefficient (Wildman–Crippen LogP) is 4.08. The number of rotatable bonds is 4. The largest absolute Gasteiger partial charge is 0.389 e. The molecule has 0 aliphatic carbocycles. The lowest BCUT2D eigenvalue weighted by atomic mass is 9.97. The Kier molecular flexibility index (Phi) is 5.69. The summed E-state index contributed by atoms with van der Waals surface area (Å²) in [6.45, 7) is 4.09. The molecule has 1 atom stereocenters. The Morgan fingerprint density at radius 3 is 2.50 bits per heavy atom. The van der Waals surface area contributed by atoms with Crippen LogP contribution in [0.25, 0.3) is 0 Å². The fraction of sp³-hybridized carbons (Fsp3) is 0.600. The van der Waals surface area contributed by atoms with Gasteiger partial charge in [0.25, 0.3) is 0 Å². The molecule has 2 rings (SSSR count). The molecule has 0 aromatic heterocycles. The number of hydrogen-bond acceptors (Lipinski definition) is 2. The van der Waals surface area contributed by atoms with Crippen molar-refractivity contribution in [3.8, 4) is 0 Å². The highest BCUT2D eigenvalue weighted by Crippen LogP contribution is 2.37. The minimum absolute atomic E-state index is 0.188. The molecule has 7 heteroatoms. The van der Waals surface area contributed by atoms with Gasteiger partial charge in [0.2, 0.25) is 0 Å². The van der Waals surface area contributed by atoms with Crippen LogP contribution in [0.4, 0.5) is 17.6 Å². The predicted molar refractivity (Wildman–Crippen MR) is 78.6 cm³/mol. The third-order valence-electron chi connectivity index (χ3n) is 3.95. The van der Waals surface area contributed by atoms with Crippen molar-refractivity contribution in [1.82, 2.24) is 10.2 Å². The maximum Gasteiger partial charge on any atom is 0.389 e. The monoisotopic (exact) mass is 338 g/mol. The third kappa shape index (κ3) is 4.33. The van der Waals surface area contributed by atoms with Crippen LogP contribution in [0.15, 0.2) is 12.1 Å². The van der Waals surface area contributed by atoms with E-state index in [9.17, 15) is 17.6 Å². The molecule has 124 valence electrons. The van der Waals surface area contributed by atoms with E-state index in [-0.39, 0.29) is 17.0 Å². The summed E-state index contributed by atoms with van der Waals surface area (Å²) >= 11 is 6.10. The van der Waals surface area contributed by atoms with E-state index in [2.05, 4.69) is 5.32 Å². The number of piperazine rings is 1. The number of halogens is 5. The van der Waals surface area contributed by atoms with Gasteiger partial charge in [-0.3, -0.25) is 4.90 Å². The van der Waals surface area contributed by atoms with Gasteiger partial charge in [-0.1, -0.05) is 17.7 Å². The first kappa shape index (κ1) is 17.5. The van der Waals surface area contributed by atoms with Crippen LogP contribution >= 0.6 is 11.6 Å². The normalized spacial score (nSPS) is 18.5. The van der Waals surface area contributed by atoms with Gasteiger partial charge in [-0.15, -0.1) is 0 Å². The van der Waals surface area contributed by atoms with Gasteiger partial charge in [-0.2, -0.15) is 13.2 Å². The summed E-state index contributed by atoms with van der Waals surface area (Å²) in [6, 6.07) is 2.44. The Bertz CT molecular complexity index is 513. The van der Waals surface area contributed by atoms with Crippen molar-refractivity contribution < 1.29 is 17.6 Å². The van der Waals surface area contributed by atoms with Crippen LogP contribution in [0.1, 0.15) is 30.0 Å². The molecule has 1 aromatic rings. The fourth-order valence-corrected chi connectivity index (χ4v) is 3.06. The van der Waals surface area contributed by atoms with Gasteiger partial charge >= 0.3 is 6.18 Å². The van der Waals surface area contributed by atoms with Gasteiger partial charge in [0, 0.05) is 49.2 Å². The summed E-state index contributed by atoms with van der Waals surface area (Å²) in [7, 11) is 0. The zero-order valence-electron chi connectivity index (χ0n) is 12.3. The molecule has 0 bridgehead atoms. The summed E-state index contributed by atoms with van der Waals surface area (Å²) < 4.78 is 52.3. The molecule has 1 fully saturated rings. The smallest absolute Gasteiger partial charge is 0.314 e. The van der Waals surface area contributed by atoms with Crippen LogP contribution in [0, 0.1) is 12.7 Å². The van der Waals surface area contributed by atoms with Gasteiger partial charge in [-0.05, 0) is 25.0 Å². The van der Waals surface area contributed by atoms with Gasteiger partial charge < -0.3 is 5.32 Å². The van der Waals surface area contributed by atoms with Crippen molar-refractivity contribution in [1.29, 1.82) is 0 Å². The average molecular weight is 339 g/mol. The van der Waals surface area contributed by atoms with Crippen molar-refractivity contribution in [3.05, 3.63) is 34.1 Å². The van der Waals surface area contributed by atoms with Crippen LogP contribution < -0.4 is 5.32 Å². The molecule has 1 heterocycles. The molecule has 0 radical (unpaired) electrons. The highest BCUT2D eigenvalue weighted by molar-refractivity contribution is 6.31. The van der Waals surface area contributed by atoms with Crippen molar-refractivity contribution in [2.45, 2.75) is 32.0 Å². The second-order valence-electron chi connectivity index (χ2n) is 5.55. The summed E-state index contributed by atoms with van der Waals surface area (Å²) in [5, 5.41) is 3.33. The minimum atomic E-state index is -4.26. The second-order valence-corrected chi connectivity index (χ2v) is 5.95. The maximum atomic E-state index is 14.5. The van der Waals surface area contributed by atoms with E-state index >= 15 is 0 Å². The van der Waals surface area contributed by atoms with E-state index < -0.39 is 24.5 Å². The Labute approximate surface area is 132 Å². The quantitative estimate of drug-likeness (QED) is 0.832. The minimum Gasteiger partial charge on any atom is -0.314 e. The molecular weight excluding hydrogens is 320 g/mol. The maximum absolute atomic E-state index is 14.5. The van der Waals surface area contributed by atoms with Crippen LogP contribution in [0.5, 0.6) is 0 Å². The van der Waals surface area contributed by atoms with Crippen molar-refractivity contribution in [2.24, 2.45) is 0 Å². The average Bonchev–Trinajstić information content (AvgIpc) is 2.46. The molecule has 0 saturated carbocycles. The van der Waals surface area contributed by atoms with E-state index in [1.807, 2.05) is 4.90 Å². The standard InChI is InChI=1S/C15H19ClF4N2/c1-10-2-3-11(16)13(14(10)17)12(4-5-15(18,19)20)22-8-6-21-7-9-22/h2-3,12,21H,4-9H2,1H3/t12-/m1/s1. The van der Waals surface area contributed by atoms with Gasteiger partial charge in [0.15, 0.2) is 0 Å². The Morgan fingerprint density at radius 2 is 1.91 bits per heavy atom. The van der Waals surface area contributed by atoms with Crippen LogP contribution in [0.2, 0.25) is 5.02 Å². The first-order chi connectivity index (χ1) is 10.3. The Morgan fingerprint density at radius 1 is 1.27 bits per heavy atom. The van der Waals surface area contributed by atoms with E-state index in [1.165, 1.54) is 0 Å². The number of benzene rings is 1. The first-order valence-electron chi connectivity index (χ1n) is 7.25. The van der Waals surface area contributed by atoms with Crippen LogP contribution in [-0.4, -0.2) is 37.3 Å². The molecule has 1 aliphatic heterocycles. The van der Waals surface area contributed by atoms with E-state index in [0.29, 0.717) is 31.7 Å². The summed E-state index contributed by atoms with van der Waals surface area (Å²) in [4.78, 5) is 1.88. The van der Waals surface area contributed by atoms with E-state index in [0.717, 1.165) is 0 Å². The van der Waals surface area contributed by atoms with E-state index in [4.69, 9.17) is 11.6 Å². The molecule has 2 nitrogen and oxygen atoms in total. The third-order valence-corrected chi connectivity index (χ3v) is 4.28. The van der Waals surface area contributed by atoms with Gasteiger partial charge in [0.1, 0.15) is 5.82 Å². The van der Waals surface area contributed by atoms with Crippen molar-refractivity contribution >= 4 is 11.6 Å². The van der Waals surface area contributed by atoms with Crippen LogP contribution in [0.3, 0.4) is 0 Å². The summed E-state index contributed by atoms with van der Waals surface area (Å²) in [6.07, 6.45) is -5.41. The van der Waals surface area contributed by atoms with E-state index in [1.54, 1.807) is 19.1 Å². The molecule has 0 unspecified atom stereocenters. The first-order valence-corrected chi connectivity index (χ1v) is 7.63. The number of hydrogen-bond donors (Lipinski definition) is 1. The number of aryl methyl sites for hydroxylation is 1. The molecule has 22 heavy (non-hydrogen) atoms. The van der Waals surface area contributed by atoms with Crippen molar-refractivity contribution in [3.63, 3.8) is 0 Å². The van der Waals surface area contributed by atoms with Crippen molar-refractivity contribution in [2.75, 3.05) is 26.2 Å². The lowest BCUT2D eigenvalue weighted by Gasteiger charge is -2.36. The highest BCUT2D eigenvalue weighted by atomic mass is 35.5. The second kappa shape index (κ2) is 7.15. The lowest BCUT2D eigenvalue weighted by molar-refractivity contribution is -0.138. The Balaban J connectivity index is 2.32. The summed E-state index contributed by atoms with van der Waals surface area (Å²) in [5.74, 6) is -0.502. The molecular formula is C15H19ClF4N2. The SMILES string of the molecule is Cc1ccc(Cl)c([C@@H](CCC(F)(F)F)N2CCNCC2)c1F. The van der Waals surface area contributed by atoms with Gasteiger partial charge in [0.05, 0.1) is 0 Å². The topological polar surface area (TPSA) is 15.3 Å². The Hall–Kier alpha value is -0.850. The summed E-state index contributed by atoms with van der Waals surface area (Å²) in [5.41, 5.74) is 0.583. The molecule has 1 saturated heterocycles. The molecule has 0 amide bonds. The highest BCUT2D eigenvalue weighted by Gasteiger charge is 2.33. The van der Waals surface area contributed by atoms with Gasteiger partial charge in [-0.25, -0.2) is 4.39 Å². The number of alkyl halides is 3. The number of nitrogens with one attached hydrogen (secondary N) is 1. The molecule has 1 N–H and O–H groups in total. The lowest BCUT2D eigenvalue weighted by Crippen LogP contribution is -2.45. The van der Waals surface area contributed by atoms with Crippen LogP contribution in [-0.2, 0) is 0 Å².